The average molecular weight is 490 g/mol. The van der Waals surface area contributed by atoms with Crippen molar-refractivity contribution in [1.82, 2.24) is 14.8 Å². The molecule has 0 N–H and O–H groups in total. The Kier molecular flexibility index (Phi) is 6.07. The van der Waals surface area contributed by atoms with Crippen LogP contribution in [-0.4, -0.2) is 27.9 Å². The van der Waals surface area contributed by atoms with Crippen molar-refractivity contribution >= 4 is 33.3 Å². The summed E-state index contributed by atoms with van der Waals surface area (Å²) in [5, 5.41) is 5.63. The summed E-state index contributed by atoms with van der Waals surface area (Å²) in [5.74, 6) is 2.13. The number of halogens is 2. The molecule has 2 aromatic heterocycles. The van der Waals surface area contributed by atoms with Gasteiger partial charge in [-0.25, -0.2) is 9.67 Å². The van der Waals surface area contributed by atoms with Gasteiger partial charge in [0.2, 0.25) is 0 Å². The maximum absolute atomic E-state index is 6.48. The molecule has 4 rings (SSSR count). The van der Waals surface area contributed by atoms with Crippen molar-refractivity contribution in [1.29, 1.82) is 0 Å². The molecule has 0 radical (unpaired) electrons. The maximum Gasteiger partial charge on any atom is 0.147 e. The number of pyridine rings is 1. The van der Waals surface area contributed by atoms with E-state index in [-0.39, 0.29) is 0 Å². The smallest absolute Gasteiger partial charge is 0.147 e. The van der Waals surface area contributed by atoms with E-state index in [1.165, 1.54) is 0 Å². The van der Waals surface area contributed by atoms with E-state index in [0.717, 1.165) is 57.2 Å². The fourth-order valence-electron chi connectivity index (χ4n) is 3.70. The lowest BCUT2D eigenvalue weighted by Gasteiger charge is -2.28. The number of nitrogens with zero attached hydrogens (tertiary/aromatic N) is 4. The molecule has 7 heteroatoms. The summed E-state index contributed by atoms with van der Waals surface area (Å²) >= 11 is 10.3. The number of aryl methyl sites for hydroxylation is 2. The fraction of sp³-hybridized carbons (Fsp3) is 0.391. The number of rotatable bonds is 5. The minimum absolute atomic E-state index is 0.452. The van der Waals surface area contributed by atoms with Crippen molar-refractivity contribution in [3.05, 3.63) is 62.5 Å². The Morgan fingerprint density at radius 3 is 2.80 bits per heavy atom. The minimum atomic E-state index is 0.452. The van der Waals surface area contributed by atoms with E-state index in [4.69, 9.17) is 21.4 Å². The lowest BCUT2D eigenvalue weighted by Crippen LogP contribution is -2.31. The number of aromatic nitrogens is 3. The molecule has 0 bridgehead atoms. The van der Waals surface area contributed by atoms with Crippen LogP contribution in [0.15, 0.2) is 35.1 Å². The second-order valence-corrected chi connectivity index (χ2v) is 9.40. The quantitative estimate of drug-likeness (QED) is 0.448. The topological polar surface area (TPSA) is 43.2 Å². The van der Waals surface area contributed by atoms with Gasteiger partial charge in [0, 0.05) is 31.3 Å². The number of ether oxygens (including phenoxy) is 1. The monoisotopic (exact) mass is 488 g/mol. The Morgan fingerprint density at radius 1 is 1.27 bits per heavy atom. The van der Waals surface area contributed by atoms with Gasteiger partial charge >= 0.3 is 0 Å². The molecule has 1 aromatic carbocycles. The summed E-state index contributed by atoms with van der Waals surface area (Å²) in [6.07, 6.45) is 2.70. The summed E-state index contributed by atoms with van der Waals surface area (Å²) in [6.45, 7) is 10.6. The summed E-state index contributed by atoms with van der Waals surface area (Å²) in [6, 6.07) is 8.09. The molecule has 3 aromatic rings. The van der Waals surface area contributed by atoms with Gasteiger partial charge in [-0.2, -0.15) is 5.10 Å². The van der Waals surface area contributed by atoms with E-state index >= 15 is 0 Å². The fourth-order valence-corrected chi connectivity index (χ4v) is 4.66. The van der Waals surface area contributed by atoms with Crippen molar-refractivity contribution in [2.24, 2.45) is 5.92 Å². The highest BCUT2D eigenvalue weighted by Gasteiger charge is 2.27. The van der Waals surface area contributed by atoms with Crippen LogP contribution in [0.2, 0.25) is 5.02 Å². The lowest BCUT2D eigenvalue weighted by molar-refractivity contribution is 0.269. The summed E-state index contributed by atoms with van der Waals surface area (Å²) in [5.41, 5.74) is 5.43. The number of anilines is 1. The normalized spacial score (nSPS) is 13.6. The predicted molar refractivity (Wildman–Crippen MR) is 125 cm³/mol. The first-order valence-corrected chi connectivity index (χ1v) is 11.4. The van der Waals surface area contributed by atoms with E-state index < -0.39 is 0 Å². The van der Waals surface area contributed by atoms with Gasteiger partial charge in [0.25, 0.3) is 0 Å². The predicted octanol–water partition coefficient (Wildman–Crippen LogP) is 5.90. The van der Waals surface area contributed by atoms with Crippen LogP contribution in [0.5, 0.6) is 5.75 Å². The number of para-hydroxylation sites is 1. The lowest BCUT2D eigenvalue weighted by atomic mass is 10.1. The van der Waals surface area contributed by atoms with E-state index in [2.05, 4.69) is 52.7 Å². The van der Waals surface area contributed by atoms with Crippen LogP contribution in [0.4, 0.5) is 5.82 Å². The van der Waals surface area contributed by atoms with Gasteiger partial charge in [-0.3, -0.25) is 0 Å². The molecule has 0 amide bonds. The molecule has 0 fully saturated rings. The largest absolute Gasteiger partial charge is 0.491 e. The maximum atomic E-state index is 6.48. The second-order valence-electron chi connectivity index (χ2n) is 8.24. The molecule has 0 aliphatic carbocycles. The van der Waals surface area contributed by atoms with Crippen LogP contribution in [0.3, 0.4) is 0 Å². The molecule has 0 unspecified atom stereocenters. The molecule has 0 atom stereocenters. The Labute approximate surface area is 191 Å². The Hall–Kier alpha value is -2.05. The number of hydrogen-bond donors (Lipinski definition) is 0. The van der Waals surface area contributed by atoms with Crippen LogP contribution >= 0.6 is 27.5 Å². The first kappa shape index (κ1) is 21.2. The van der Waals surface area contributed by atoms with Crippen molar-refractivity contribution in [2.45, 2.75) is 40.7 Å². The van der Waals surface area contributed by atoms with Crippen molar-refractivity contribution < 1.29 is 4.74 Å². The highest BCUT2D eigenvalue weighted by molar-refractivity contribution is 9.10. The molecule has 3 heterocycles. The Morgan fingerprint density at radius 2 is 2.07 bits per heavy atom. The summed E-state index contributed by atoms with van der Waals surface area (Å²) < 4.78 is 9.05. The molecule has 30 heavy (non-hydrogen) atoms. The zero-order valence-electron chi connectivity index (χ0n) is 17.7. The zero-order chi connectivity index (χ0) is 21.4. The molecule has 0 spiro atoms. The second kappa shape index (κ2) is 8.60. The third-order valence-electron chi connectivity index (χ3n) is 5.21. The van der Waals surface area contributed by atoms with Crippen LogP contribution in [0.1, 0.15) is 36.2 Å². The van der Waals surface area contributed by atoms with Gasteiger partial charge in [0.1, 0.15) is 21.9 Å². The third-order valence-corrected chi connectivity index (χ3v) is 6.31. The molecular formula is C23H26BrClN4O. The van der Waals surface area contributed by atoms with Crippen LogP contribution < -0.4 is 9.64 Å². The molecule has 1 aliphatic rings. The van der Waals surface area contributed by atoms with Crippen molar-refractivity contribution in [2.75, 3.05) is 18.1 Å². The van der Waals surface area contributed by atoms with Gasteiger partial charge in [0.05, 0.1) is 17.3 Å². The van der Waals surface area contributed by atoms with E-state index in [1.807, 2.05) is 36.0 Å². The number of fused-ring (bicyclic) bond motifs is 1. The summed E-state index contributed by atoms with van der Waals surface area (Å²) in [4.78, 5) is 6.79. The van der Waals surface area contributed by atoms with Gasteiger partial charge in [-0.05, 0) is 59.0 Å². The first-order valence-electron chi connectivity index (χ1n) is 10.2. The standard InChI is InChI=1S/C23H26BrClN4O/c1-14(2)13-30-20-7-5-6-16(4)21(20)29-22(24)17-12-28(9-8-19(17)27-29)23-18(25)10-15(3)11-26-23/h5-7,10-11,14H,8-9,12-13H2,1-4H3. The average Bonchev–Trinajstić information content (AvgIpc) is 3.02. The molecule has 1 aliphatic heterocycles. The van der Waals surface area contributed by atoms with Gasteiger partial charge in [0.15, 0.2) is 0 Å². The van der Waals surface area contributed by atoms with Crippen molar-refractivity contribution in [3.63, 3.8) is 0 Å². The van der Waals surface area contributed by atoms with Gasteiger partial charge in [-0.15, -0.1) is 0 Å². The van der Waals surface area contributed by atoms with Crippen LogP contribution in [0, 0.1) is 19.8 Å². The van der Waals surface area contributed by atoms with Gasteiger partial charge < -0.3 is 9.64 Å². The number of benzene rings is 1. The van der Waals surface area contributed by atoms with E-state index in [0.29, 0.717) is 24.1 Å². The molecule has 158 valence electrons. The molecule has 0 saturated carbocycles. The van der Waals surface area contributed by atoms with Crippen LogP contribution in [0.25, 0.3) is 5.69 Å². The van der Waals surface area contributed by atoms with E-state index in [1.54, 1.807) is 0 Å². The molecule has 5 nitrogen and oxygen atoms in total. The third kappa shape index (κ3) is 4.08. The highest BCUT2D eigenvalue weighted by atomic mass is 79.9. The van der Waals surface area contributed by atoms with E-state index in [9.17, 15) is 0 Å². The highest BCUT2D eigenvalue weighted by Crippen LogP contribution is 2.36. The Balaban J connectivity index is 1.70. The van der Waals surface area contributed by atoms with Crippen LogP contribution in [-0.2, 0) is 13.0 Å². The zero-order valence-corrected chi connectivity index (χ0v) is 20.1. The first-order chi connectivity index (χ1) is 14.3. The van der Waals surface area contributed by atoms with Crippen molar-refractivity contribution in [3.8, 4) is 11.4 Å². The minimum Gasteiger partial charge on any atom is -0.491 e. The molecular weight excluding hydrogens is 464 g/mol. The van der Waals surface area contributed by atoms with Gasteiger partial charge in [-0.1, -0.05) is 37.6 Å². The number of hydrogen-bond acceptors (Lipinski definition) is 4. The Bertz CT molecular complexity index is 1080. The SMILES string of the molecule is Cc1cnc(N2CCc3nn(-c4c(C)cccc4OCC(C)C)c(Br)c3C2)c(Cl)c1. The summed E-state index contributed by atoms with van der Waals surface area (Å²) in [7, 11) is 0. The molecule has 0 saturated heterocycles.